The molecule has 1 aromatic heterocycles. The summed E-state index contributed by atoms with van der Waals surface area (Å²) < 4.78 is 12.4. The fourth-order valence-corrected chi connectivity index (χ4v) is 2.91. The van der Waals surface area contributed by atoms with E-state index in [1.54, 1.807) is 29.9 Å². The highest BCUT2D eigenvalue weighted by molar-refractivity contribution is 5.94. The summed E-state index contributed by atoms with van der Waals surface area (Å²) >= 11 is 0. The van der Waals surface area contributed by atoms with Crippen LogP contribution in [0.2, 0.25) is 0 Å². The zero-order chi connectivity index (χ0) is 19.4. The van der Waals surface area contributed by atoms with Crippen molar-refractivity contribution in [1.29, 1.82) is 0 Å². The van der Waals surface area contributed by atoms with Gasteiger partial charge in [0.15, 0.2) is 11.4 Å². The second kappa shape index (κ2) is 7.95. The van der Waals surface area contributed by atoms with Gasteiger partial charge in [0.2, 0.25) is 0 Å². The number of aryl methyl sites for hydroxylation is 1. The molecule has 0 aliphatic heterocycles. The first-order valence-corrected chi connectivity index (χ1v) is 8.61. The predicted octanol–water partition coefficient (Wildman–Crippen LogP) is 3.47. The van der Waals surface area contributed by atoms with Gasteiger partial charge in [0, 0.05) is 19.2 Å². The van der Waals surface area contributed by atoms with Gasteiger partial charge in [0.05, 0.1) is 26.1 Å². The van der Waals surface area contributed by atoms with Gasteiger partial charge < -0.3 is 14.4 Å². The normalized spacial score (nSPS) is 10.5. The summed E-state index contributed by atoms with van der Waals surface area (Å²) in [6, 6.07) is 15.5. The number of hydrogen-bond acceptors (Lipinski definition) is 4. The minimum Gasteiger partial charge on any atom is -0.496 e. The Kier molecular flexibility index (Phi) is 5.45. The average Bonchev–Trinajstić information content (AvgIpc) is 3.12. The molecule has 0 saturated heterocycles. The largest absolute Gasteiger partial charge is 0.496 e. The van der Waals surface area contributed by atoms with Gasteiger partial charge in [-0.25, -0.2) is 4.68 Å². The average molecular weight is 365 g/mol. The van der Waals surface area contributed by atoms with Crippen molar-refractivity contribution in [1.82, 2.24) is 14.7 Å². The summed E-state index contributed by atoms with van der Waals surface area (Å²) in [5.74, 6) is 0.971. The third-order valence-electron chi connectivity index (χ3n) is 4.31. The molecule has 6 heteroatoms. The zero-order valence-electron chi connectivity index (χ0n) is 16.0. The number of aromatic nitrogens is 2. The van der Waals surface area contributed by atoms with Gasteiger partial charge in [0.1, 0.15) is 5.75 Å². The van der Waals surface area contributed by atoms with Gasteiger partial charge in [-0.05, 0) is 25.1 Å². The SMILES string of the molecule is COc1ccc(C)cc1CN(C)C(=O)c1nn(-c2ccccc2)cc1OC. The Hall–Kier alpha value is -3.28. The smallest absolute Gasteiger partial charge is 0.278 e. The van der Waals surface area contributed by atoms with Crippen LogP contribution in [-0.4, -0.2) is 41.9 Å². The Labute approximate surface area is 158 Å². The highest BCUT2D eigenvalue weighted by Crippen LogP contribution is 2.24. The van der Waals surface area contributed by atoms with Crippen molar-refractivity contribution in [2.45, 2.75) is 13.5 Å². The standard InChI is InChI=1S/C21H23N3O3/c1-15-10-11-18(26-3)16(12-15)13-23(2)21(25)20-19(27-4)14-24(22-20)17-8-6-5-7-9-17/h5-12,14H,13H2,1-4H3. The van der Waals surface area contributed by atoms with E-state index in [9.17, 15) is 4.79 Å². The molecule has 27 heavy (non-hydrogen) atoms. The first-order chi connectivity index (χ1) is 13.0. The Morgan fingerprint density at radius 1 is 1.07 bits per heavy atom. The monoisotopic (exact) mass is 365 g/mol. The summed E-state index contributed by atoms with van der Waals surface area (Å²) in [5.41, 5.74) is 3.18. The summed E-state index contributed by atoms with van der Waals surface area (Å²) in [6.07, 6.45) is 1.71. The topological polar surface area (TPSA) is 56.6 Å². The second-order valence-corrected chi connectivity index (χ2v) is 6.30. The van der Waals surface area contributed by atoms with Crippen LogP contribution >= 0.6 is 0 Å². The van der Waals surface area contributed by atoms with E-state index in [-0.39, 0.29) is 11.6 Å². The lowest BCUT2D eigenvalue weighted by molar-refractivity contribution is 0.0774. The van der Waals surface area contributed by atoms with Crippen molar-refractivity contribution in [3.8, 4) is 17.2 Å². The van der Waals surface area contributed by atoms with Crippen LogP contribution in [0.5, 0.6) is 11.5 Å². The molecule has 1 amide bonds. The minimum atomic E-state index is -0.218. The fourth-order valence-electron chi connectivity index (χ4n) is 2.91. The summed E-state index contributed by atoms with van der Waals surface area (Å²) in [5, 5.41) is 4.44. The molecule has 3 aromatic rings. The number of hydrogen-bond donors (Lipinski definition) is 0. The molecular weight excluding hydrogens is 342 g/mol. The first-order valence-electron chi connectivity index (χ1n) is 8.61. The summed E-state index contributed by atoms with van der Waals surface area (Å²) in [6.45, 7) is 2.42. The number of carbonyl (C=O) groups is 1. The van der Waals surface area contributed by atoms with Crippen molar-refractivity contribution in [2.75, 3.05) is 21.3 Å². The summed E-state index contributed by atoms with van der Waals surface area (Å²) in [4.78, 5) is 14.6. The van der Waals surface area contributed by atoms with Crippen LogP contribution in [0.15, 0.2) is 54.7 Å². The lowest BCUT2D eigenvalue weighted by Gasteiger charge is -2.18. The maximum Gasteiger partial charge on any atom is 0.278 e. The Morgan fingerprint density at radius 2 is 1.78 bits per heavy atom. The van der Waals surface area contributed by atoms with E-state index >= 15 is 0 Å². The van der Waals surface area contributed by atoms with Gasteiger partial charge in [-0.15, -0.1) is 0 Å². The van der Waals surface area contributed by atoms with Crippen molar-refractivity contribution >= 4 is 5.91 Å². The van der Waals surface area contributed by atoms with Crippen LogP contribution in [0, 0.1) is 6.92 Å². The number of carbonyl (C=O) groups excluding carboxylic acids is 1. The molecule has 140 valence electrons. The van der Waals surface area contributed by atoms with E-state index < -0.39 is 0 Å². The number of para-hydroxylation sites is 1. The van der Waals surface area contributed by atoms with Crippen LogP contribution in [0.25, 0.3) is 5.69 Å². The van der Waals surface area contributed by atoms with Crippen LogP contribution in [0.4, 0.5) is 0 Å². The molecule has 0 radical (unpaired) electrons. The number of nitrogens with zero attached hydrogens (tertiary/aromatic N) is 3. The molecule has 0 atom stereocenters. The van der Waals surface area contributed by atoms with Crippen molar-refractivity contribution < 1.29 is 14.3 Å². The third kappa shape index (κ3) is 3.95. The number of rotatable bonds is 6. The maximum atomic E-state index is 13.0. The molecule has 0 aliphatic carbocycles. The van der Waals surface area contributed by atoms with Gasteiger partial charge in [-0.1, -0.05) is 35.9 Å². The zero-order valence-corrected chi connectivity index (χ0v) is 16.0. The number of amides is 1. The highest BCUT2D eigenvalue weighted by atomic mass is 16.5. The highest BCUT2D eigenvalue weighted by Gasteiger charge is 2.22. The van der Waals surface area contributed by atoms with Crippen LogP contribution in [0.1, 0.15) is 21.6 Å². The lowest BCUT2D eigenvalue weighted by atomic mass is 10.1. The molecule has 0 saturated carbocycles. The number of benzene rings is 2. The molecule has 0 unspecified atom stereocenters. The Morgan fingerprint density at radius 3 is 2.44 bits per heavy atom. The molecule has 2 aromatic carbocycles. The molecule has 0 fully saturated rings. The van der Waals surface area contributed by atoms with E-state index in [1.807, 2.05) is 55.5 Å². The van der Waals surface area contributed by atoms with Gasteiger partial charge in [-0.3, -0.25) is 4.79 Å². The van der Waals surface area contributed by atoms with Crippen LogP contribution in [0.3, 0.4) is 0 Å². The van der Waals surface area contributed by atoms with E-state index in [0.29, 0.717) is 12.3 Å². The van der Waals surface area contributed by atoms with E-state index in [1.165, 1.54) is 7.11 Å². The van der Waals surface area contributed by atoms with E-state index in [2.05, 4.69) is 5.10 Å². The third-order valence-corrected chi connectivity index (χ3v) is 4.31. The molecule has 0 aliphatic rings. The van der Waals surface area contributed by atoms with Crippen molar-refractivity contribution in [2.24, 2.45) is 0 Å². The molecule has 1 heterocycles. The minimum absolute atomic E-state index is 0.218. The Bertz CT molecular complexity index is 935. The summed E-state index contributed by atoms with van der Waals surface area (Å²) in [7, 11) is 4.90. The van der Waals surface area contributed by atoms with E-state index in [0.717, 1.165) is 22.6 Å². The fraction of sp³-hybridized carbons (Fsp3) is 0.238. The van der Waals surface area contributed by atoms with Crippen LogP contribution < -0.4 is 9.47 Å². The molecule has 0 spiro atoms. The van der Waals surface area contributed by atoms with E-state index in [4.69, 9.17) is 9.47 Å². The Balaban J connectivity index is 1.87. The lowest BCUT2D eigenvalue weighted by Crippen LogP contribution is -2.27. The predicted molar refractivity (Wildman–Crippen MR) is 104 cm³/mol. The molecule has 3 rings (SSSR count). The number of ether oxygens (including phenoxy) is 2. The molecule has 0 N–H and O–H groups in total. The van der Waals surface area contributed by atoms with Gasteiger partial charge in [-0.2, -0.15) is 5.10 Å². The first kappa shape index (κ1) is 18.5. The molecule has 6 nitrogen and oxygen atoms in total. The maximum absolute atomic E-state index is 13.0. The van der Waals surface area contributed by atoms with Gasteiger partial charge in [0.25, 0.3) is 5.91 Å². The number of methoxy groups -OCH3 is 2. The van der Waals surface area contributed by atoms with Gasteiger partial charge >= 0.3 is 0 Å². The van der Waals surface area contributed by atoms with Crippen molar-refractivity contribution in [3.05, 3.63) is 71.5 Å². The van der Waals surface area contributed by atoms with Crippen molar-refractivity contribution in [3.63, 3.8) is 0 Å². The van der Waals surface area contributed by atoms with Crippen LogP contribution in [-0.2, 0) is 6.54 Å². The second-order valence-electron chi connectivity index (χ2n) is 6.30. The molecular formula is C21H23N3O3. The molecule has 0 bridgehead atoms. The quantitative estimate of drug-likeness (QED) is 0.671.